The van der Waals surface area contributed by atoms with E-state index in [2.05, 4.69) is 10.1 Å². The number of aromatic nitrogens is 4. The maximum absolute atomic E-state index is 13.3. The zero-order valence-corrected chi connectivity index (χ0v) is 13.7. The fourth-order valence-electron chi connectivity index (χ4n) is 2.66. The number of hydrogen-bond donors (Lipinski definition) is 0. The first-order valence-corrected chi connectivity index (χ1v) is 7.93. The smallest absolute Gasteiger partial charge is 0.264 e. The summed E-state index contributed by atoms with van der Waals surface area (Å²) >= 11 is 5.90. The SMILES string of the molecule is O=c1c2cnn(-c3ccc(Cl)cc3)c2ncn1Cc1cccc(F)c1. The molecule has 0 spiro atoms. The molecule has 124 valence electrons. The third-order valence-electron chi connectivity index (χ3n) is 3.87. The Hall–Kier alpha value is -2.99. The molecule has 4 aromatic rings. The molecule has 4 rings (SSSR count). The molecule has 0 aliphatic heterocycles. The number of rotatable bonds is 3. The molecule has 0 radical (unpaired) electrons. The van der Waals surface area contributed by atoms with Crippen molar-refractivity contribution in [3.05, 3.63) is 87.8 Å². The van der Waals surface area contributed by atoms with Gasteiger partial charge in [0.1, 0.15) is 17.5 Å². The van der Waals surface area contributed by atoms with Crippen molar-refractivity contribution < 1.29 is 4.39 Å². The van der Waals surface area contributed by atoms with Gasteiger partial charge in [0.25, 0.3) is 5.56 Å². The van der Waals surface area contributed by atoms with Gasteiger partial charge in [-0.2, -0.15) is 5.10 Å². The largest absolute Gasteiger partial charge is 0.294 e. The Morgan fingerprint density at radius 2 is 1.92 bits per heavy atom. The number of halogens is 2. The van der Waals surface area contributed by atoms with Gasteiger partial charge in [0.2, 0.25) is 0 Å². The lowest BCUT2D eigenvalue weighted by Crippen LogP contribution is -2.21. The standard InChI is InChI=1S/C18H12ClFN4O/c19-13-4-6-15(7-5-13)24-17-16(9-22-24)18(25)23(11-21-17)10-12-2-1-3-14(20)8-12/h1-9,11H,10H2. The highest BCUT2D eigenvalue weighted by atomic mass is 35.5. The summed E-state index contributed by atoms with van der Waals surface area (Å²) in [6.45, 7) is 0.242. The molecular formula is C18H12ClFN4O. The van der Waals surface area contributed by atoms with E-state index in [1.807, 2.05) is 0 Å². The van der Waals surface area contributed by atoms with Gasteiger partial charge in [-0.05, 0) is 42.0 Å². The van der Waals surface area contributed by atoms with Crippen LogP contribution in [0, 0.1) is 5.82 Å². The molecule has 0 amide bonds. The minimum Gasteiger partial charge on any atom is -0.294 e. The summed E-state index contributed by atoms with van der Waals surface area (Å²) in [6.07, 6.45) is 2.94. The monoisotopic (exact) mass is 354 g/mol. The fraction of sp³-hybridized carbons (Fsp3) is 0.0556. The van der Waals surface area contributed by atoms with Gasteiger partial charge in [-0.15, -0.1) is 0 Å². The molecule has 0 saturated heterocycles. The van der Waals surface area contributed by atoms with Crippen LogP contribution in [-0.4, -0.2) is 19.3 Å². The van der Waals surface area contributed by atoms with E-state index >= 15 is 0 Å². The van der Waals surface area contributed by atoms with Crippen molar-refractivity contribution in [3.63, 3.8) is 0 Å². The summed E-state index contributed by atoms with van der Waals surface area (Å²) in [5.74, 6) is -0.338. The quantitative estimate of drug-likeness (QED) is 0.566. The van der Waals surface area contributed by atoms with Crippen LogP contribution in [0.15, 0.2) is 65.8 Å². The van der Waals surface area contributed by atoms with Gasteiger partial charge in [0.15, 0.2) is 5.65 Å². The first kappa shape index (κ1) is 15.5. The van der Waals surface area contributed by atoms with Crippen LogP contribution in [0.3, 0.4) is 0 Å². The Morgan fingerprint density at radius 3 is 2.68 bits per heavy atom. The van der Waals surface area contributed by atoms with Crippen molar-refractivity contribution in [3.8, 4) is 5.69 Å². The van der Waals surface area contributed by atoms with E-state index in [1.54, 1.807) is 41.1 Å². The van der Waals surface area contributed by atoms with E-state index in [9.17, 15) is 9.18 Å². The topological polar surface area (TPSA) is 52.7 Å². The zero-order chi connectivity index (χ0) is 17.4. The van der Waals surface area contributed by atoms with Gasteiger partial charge >= 0.3 is 0 Å². The van der Waals surface area contributed by atoms with E-state index < -0.39 is 0 Å². The molecule has 0 bridgehead atoms. The highest BCUT2D eigenvalue weighted by Gasteiger charge is 2.12. The van der Waals surface area contributed by atoms with Crippen molar-refractivity contribution in [2.75, 3.05) is 0 Å². The molecule has 0 unspecified atom stereocenters. The highest BCUT2D eigenvalue weighted by molar-refractivity contribution is 6.30. The number of fused-ring (bicyclic) bond motifs is 1. The molecule has 0 aliphatic carbocycles. The van der Waals surface area contributed by atoms with Crippen molar-refractivity contribution in [2.45, 2.75) is 6.54 Å². The van der Waals surface area contributed by atoms with Crippen molar-refractivity contribution >= 4 is 22.6 Å². The third-order valence-corrected chi connectivity index (χ3v) is 4.12. The molecule has 2 aromatic carbocycles. The minimum atomic E-state index is -0.338. The summed E-state index contributed by atoms with van der Waals surface area (Å²) in [5, 5.41) is 5.27. The molecule has 0 fully saturated rings. The number of nitrogens with zero attached hydrogens (tertiary/aromatic N) is 4. The number of benzene rings is 2. The van der Waals surface area contributed by atoms with E-state index in [0.717, 1.165) is 5.69 Å². The van der Waals surface area contributed by atoms with Crippen LogP contribution in [0.2, 0.25) is 5.02 Å². The van der Waals surface area contributed by atoms with Crippen LogP contribution >= 0.6 is 11.6 Å². The van der Waals surface area contributed by atoms with Crippen molar-refractivity contribution in [1.29, 1.82) is 0 Å². The van der Waals surface area contributed by atoms with Crippen LogP contribution in [0.5, 0.6) is 0 Å². The van der Waals surface area contributed by atoms with Gasteiger partial charge in [-0.1, -0.05) is 23.7 Å². The summed E-state index contributed by atoms with van der Waals surface area (Å²) in [5.41, 5.74) is 1.68. The van der Waals surface area contributed by atoms with Crippen LogP contribution in [0.1, 0.15) is 5.56 Å². The van der Waals surface area contributed by atoms with Crippen molar-refractivity contribution in [2.24, 2.45) is 0 Å². The maximum atomic E-state index is 13.3. The lowest BCUT2D eigenvalue weighted by atomic mass is 10.2. The second-order valence-electron chi connectivity index (χ2n) is 5.58. The first-order chi connectivity index (χ1) is 12.1. The normalized spacial score (nSPS) is 11.1. The van der Waals surface area contributed by atoms with Gasteiger partial charge in [0.05, 0.1) is 18.4 Å². The average Bonchev–Trinajstić information content (AvgIpc) is 3.03. The summed E-state index contributed by atoms with van der Waals surface area (Å²) in [7, 11) is 0. The highest BCUT2D eigenvalue weighted by Crippen LogP contribution is 2.16. The van der Waals surface area contributed by atoms with Gasteiger partial charge < -0.3 is 0 Å². The Balaban J connectivity index is 1.77. The van der Waals surface area contributed by atoms with Crippen LogP contribution in [0.4, 0.5) is 4.39 Å². The number of hydrogen-bond acceptors (Lipinski definition) is 3. The molecule has 0 aliphatic rings. The maximum Gasteiger partial charge on any atom is 0.264 e. The van der Waals surface area contributed by atoms with E-state index in [-0.39, 0.29) is 17.9 Å². The molecule has 0 saturated carbocycles. The lowest BCUT2D eigenvalue weighted by Gasteiger charge is -2.07. The average molecular weight is 355 g/mol. The van der Waals surface area contributed by atoms with E-state index in [0.29, 0.717) is 21.6 Å². The molecular weight excluding hydrogens is 343 g/mol. The summed E-state index contributed by atoms with van der Waals surface area (Å²) in [6, 6.07) is 13.2. The fourth-order valence-corrected chi connectivity index (χ4v) is 2.79. The van der Waals surface area contributed by atoms with Gasteiger partial charge in [-0.3, -0.25) is 9.36 Å². The zero-order valence-electron chi connectivity index (χ0n) is 12.9. The predicted octanol–water partition coefficient (Wildman–Crippen LogP) is 3.42. The third kappa shape index (κ3) is 2.92. The summed E-state index contributed by atoms with van der Waals surface area (Å²) in [4.78, 5) is 17.0. The van der Waals surface area contributed by atoms with E-state index in [1.165, 1.54) is 29.2 Å². The van der Waals surface area contributed by atoms with Crippen LogP contribution in [-0.2, 0) is 6.54 Å². The molecule has 5 nitrogen and oxygen atoms in total. The molecule has 7 heteroatoms. The lowest BCUT2D eigenvalue weighted by molar-refractivity contribution is 0.622. The minimum absolute atomic E-state index is 0.227. The van der Waals surface area contributed by atoms with E-state index in [4.69, 9.17) is 11.6 Å². The Labute approximate surface area is 146 Å². The molecule has 0 N–H and O–H groups in total. The Bertz CT molecular complexity index is 1120. The van der Waals surface area contributed by atoms with Crippen LogP contribution < -0.4 is 5.56 Å². The van der Waals surface area contributed by atoms with Gasteiger partial charge in [-0.25, -0.2) is 14.1 Å². The summed E-state index contributed by atoms with van der Waals surface area (Å²) < 4.78 is 16.3. The second-order valence-corrected chi connectivity index (χ2v) is 6.01. The second kappa shape index (κ2) is 6.14. The van der Waals surface area contributed by atoms with Crippen LogP contribution in [0.25, 0.3) is 16.7 Å². The molecule has 25 heavy (non-hydrogen) atoms. The Morgan fingerprint density at radius 1 is 1.12 bits per heavy atom. The van der Waals surface area contributed by atoms with Crippen molar-refractivity contribution in [1.82, 2.24) is 19.3 Å². The Kier molecular flexibility index (Phi) is 3.82. The molecule has 0 atom stereocenters. The predicted molar refractivity (Wildman–Crippen MR) is 93.6 cm³/mol. The molecule has 2 aromatic heterocycles. The van der Waals surface area contributed by atoms with Gasteiger partial charge in [0, 0.05) is 5.02 Å². The first-order valence-electron chi connectivity index (χ1n) is 7.55. The molecule has 2 heterocycles.